The number of nitrogens with one attached hydrogen (secondary N) is 2. The fourth-order valence-electron chi connectivity index (χ4n) is 13.6. The third kappa shape index (κ3) is 12.1. The number of pyridine rings is 1. The molecule has 2 bridgehead atoms. The average Bonchev–Trinajstić information content (AvgIpc) is 2.46. The molecule has 6 atom stereocenters. The quantitative estimate of drug-likeness (QED) is 0.0747. The number of aromatic hydroxyl groups is 1. The van der Waals surface area contributed by atoms with Crippen molar-refractivity contribution in [3.8, 4) is 45.8 Å². The summed E-state index contributed by atoms with van der Waals surface area (Å²) in [6.45, 7) is 19.1. The number of ether oxygens (including phenoxy) is 1. The van der Waals surface area contributed by atoms with E-state index in [9.17, 15) is 19.8 Å². The molecule has 2 unspecified atom stereocenters. The molecule has 18 nitrogen and oxygen atoms in total. The van der Waals surface area contributed by atoms with Crippen molar-refractivity contribution < 1.29 is 33.3 Å². The summed E-state index contributed by atoms with van der Waals surface area (Å²) >= 11 is 1.60. The number of aryl methyl sites for hydroxylation is 1. The number of rotatable bonds is 15. The van der Waals surface area contributed by atoms with Crippen LogP contribution in [0.25, 0.3) is 43.4 Å². The Labute approximate surface area is 499 Å². The van der Waals surface area contributed by atoms with E-state index >= 15 is 8.78 Å². The van der Waals surface area contributed by atoms with Gasteiger partial charge in [0.05, 0.1) is 45.7 Å². The Morgan fingerprint density at radius 1 is 0.941 bits per heavy atom. The maximum absolute atomic E-state index is 17.1. The Morgan fingerprint density at radius 3 is 2.40 bits per heavy atom. The van der Waals surface area contributed by atoms with Gasteiger partial charge in [-0.2, -0.15) is 9.97 Å². The number of anilines is 1. The molecule has 3 aromatic heterocycles. The van der Waals surface area contributed by atoms with Crippen LogP contribution in [0.4, 0.5) is 14.6 Å². The van der Waals surface area contributed by atoms with Crippen LogP contribution in [0.3, 0.4) is 0 Å². The number of β-amino-alcohol motifs (C(OH)–C–C–N with tert-alkyl or cyclic N) is 1. The second-order valence-electron chi connectivity index (χ2n) is 24.9. The lowest BCUT2D eigenvalue weighted by Crippen LogP contribution is -2.57. The molecule has 0 aliphatic carbocycles. The fraction of sp³-hybridized carbons (Fsp3) is 0.484. The van der Waals surface area contributed by atoms with Crippen LogP contribution >= 0.6 is 11.3 Å². The van der Waals surface area contributed by atoms with Gasteiger partial charge in [-0.15, -0.1) is 17.8 Å². The predicted octanol–water partition coefficient (Wildman–Crippen LogP) is 7.33. The highest BCUT2D eigenvalue weighted by Crippen LogP contribution is 2.40. The molecule has 3 aromatic carbocycles. The summed E-state index contributed by atoms with van der Waals surface area (Å²) in [6.07, 6.45) is 14.7. The summed E-state index contributed by atoms with van der Waals surface area (Å²) in [7, 11) is 0. The number of hydrogen-bond donors (Lipinski definition) is 4. The molecular weight excluding hydrogens is 1100 g/mol. The van der Waals surface area contributed by atoms with Crippen LogP contribution in [-0.2, 0) is 9.59 Å². The third-order valence-electron chi connectivity index (χ3n) is 18.0. The highest BCUT2D eigenvalue weighted by Gasteiger charge is 2.46. The first kappa shape index (κ1) is 58.1. The van der Waals surface area contributed by atoms with Gasteiger partial charge < -0.3 is 45.2 Å². The number of aliphatic imine (C=N–C) groups is 1. The third-order valence-corrected chi connectivity index (χ3v) is 19.0. The minimum absolute atomic E-state index is 0.0169. The molecular formula is C64H75F2N13O5S. The monoisotopic (exact) mass is 1180 g/mol. The van der Waals surface area contributed by atoms with Crippen LogP contribution in [0.5, 0.6) is 11.8 Å². The van der Waals surface area contributed by atoms with Gasteiger partial charge in [-0.05, 0) is 98.7 Å². The number of amides is 2. The number of phenols is 1. The molecule has 0 radical (unpaired) electrons. The summed E-state index contributed by atoms with van der Waals surface area (Å²) < 4.78 is 38.5. The van der Waals surface area contributed by atoms with E-state index in [1.165, 1.54) is 24.3 Å². The largest absolute Gasteiger partial charge is 0.508 e. The Bertz CT molecular complexity index is 3580. The number of piperazine rings is 2. The van der Waals surface area contributed by atoms with Crippen molar-refractivity contribution in [2.45, 2.75) is 103 Å². The lowest BCUT2D eigenvalue weighted by Gasteiger charge is -2.43. The number of piperidine rings is 1. The lowest BCUT2D eigenvalue weighted by atomic mass is 9.84. The number of carbonyl (C=O) groups is 2. The number of thiazole rings is 1. The van der Waals surface area contributed by atoms with Crippen molar-refractivity contribution in [3.63, 3.8) is 0 Å². The maximum Gasteiger partial charge on any atom is 0.319 e. The van der Waals surface area contributed by atoms with Gasteiger partial charge in [-0.25, -0.2) is 18.8 Å². The van der Waals surface area contributed by atoms with Crippen LogP contribution in [0, 0.1) is 42.2 Å². The van der Waals surface area contributed by atoms with Crippen molar-refractivity contribution in [1.29, 1.82) is 0 Å². The number of likely N-dealkylation sites (tertiary alicyclic amines) is 2. The van der Waals surface area contributed by atoms with Crippen LogP contribution in [0.1, 0.15) is 82.7 Å². The van der Waals surface area contributed by atoms with E-state index in [0.717, 1.165) is 99.0 Å². The molecule has 5 fully saturated rings. The normalized spacial score (nSPS) is 22.3. The van der Waals surface area contributed by atoms with Crippen molar-refractivity contribution in [1.82, 2.24) is 55.1 Å². The summed E-state index contributed by atoms with van der Waals surface area (Å²) in [5, 5.41) is 29.6. The number of aromatic nitrogens is 4. The number of hydrogen-bond acceptors (Lipinski definition) is 17. The van der Waals surface area contributed by atoms with Gasteiger partial charge >= 0.3 is 6.01 Å². The van der Waals surface area contributed by atoms with Gasteiger partial charge in [-0.1, -0.05) is 57.0 Å². The molecule has 6 aliphatic heterocycles. The van der Waals surface area contributed by atoms with Gasteiger partial charge in [-0.3, -0.25) is 24.4 Å². The van der Waals surface area contributed by atoms with Gasteiger partial charge in [0.2, 0.25) is 11.8 Å². The zero-order valence-corrected chi connectivity index (χ0v) is 49.8. The van der Waals surface area contributed by atoms with Crippen LogP contribution < -0.4 is 20.3 Å². The first-order chi connectivity index (χ1) is 41.0. The van der Waals surface area contributed by atoms with Crippen molar-refractivity contribution in [2.75, 3.05) is 90.0 Å². The second kappa shape index (κ2) is 24.2. The van der Waals surface area contributed by atoms with Gasteiger partial charge in [0.1, 0.15) is 53.1 Å². The summed E-state index contributed by atoms with van der Waals surface area (Å²) in [6, 6.07) is 12.5. The Hall–Kier alpha value is -7.35. The molecule has 4 N–H and O–H groups in total. The molecule has 446 valence electrons. The van der Waals surface area contributed by atoms with Crippen LogP contribution in [0.15, 0.2) is 77.3 Å². The van der Waals surface area contributed by atoms with E-state index < -0.39 is 35.2 Å². The van der Waals surface area contributed by atoms with E-state index in [1.807, 2.05) is 76.8 Å². The molecule has 2 amide bonds. The Balaban J connectivity index is 0.646. The predicted molar refractivity (Wildman–Crippen MR) is 326 cm³/mol. The van der Waals surface area contributed by atoms with E-state index in [-0.39, 0.29) is 82.4 Å². The molecule has 85 heavy (non-hydrogen) atoms. The zero-order valence-electron chi connectivity index (χ0n) is 49.0. The lowest BCUT2D eigenvalue weighted by molar-refractivity contribution is -0.145. The molecule has 21 heteroatoms. The molecule has 0 saturated carbocycles. The maximum atomic E-state index is 17.1. The first-order valence-electron chi connectivity index (χ1n) is 29.9. The van der Waals surface area contributed by atoms with E-state index in [0.29, 0.717) is 55.3 Å². The number of aliphatic hydroxyl groups excluding tert-OH is 1. The Kier molecular flexibility index (Phi) is 16.5. The highest BCUT2D eigenvalue weighted by atomic mass is 32.1. The van der Waals surface area contributed by atoms with Gasteiger partial charge in [0.15, 0.2) is 5.82 Å². The van der Waals surface area contributed by atoms with Gasteiger partial charge in [0, 0.05) is 107 Å². The highest BCUT2D eigenvalue weighted by molar-refractivity contribution is 7.13. The molecule has 5 saturated heterocycles. The number of phenolic OH excluding ortho intramolecular Hbond substituents is 1. The molecule has 6 aliphatic rings. The Morgan fingerprint density at radius 2 is 1.69 bits per heavy atom. The summed E-state index contributed by atoms with van der Waals surface area (Å²) in [4.78, 5) is 66.3. The zero-order chi connectivity index (χ0) is 59.3. The van der Waals surface area contributed by atoms with Crippen molar-refractivity contribution in [3.05, 3.63) is 101 Å². The number of aliphatic hydroxyl groups is 1. The van der Waals surface area contributed by atoms with Crippen LogP contribution in [0.2, 0.25) is 0 Å². The number of halogens is 2. The fourth-order valence-corrected chi connectivity index (χ4v) is 14.4. The van der Waals surface area contributed by atoms with E-state index in [4.69, 9.17) is 21.1 Å². The van der Waals surface area contributed by atoms with E-state index in [2.05, 4.69) is 56.0 Å². The molecule has 12 rings (SSSR count). The smallest absolute Gasteiger partial charge is 0.319 e. The standard InChI is InChI=1S/C64H75F2N13O5S/c1-7-48-51(65)15-12-43-28-46(80)29-49(54(43)48)56-55(66)57-50(31-68-56)60(78-33-44-13-14-45(34-78)71-44)73-63(72-57)84-27-26-74-19-16-40(17-20-74)32-75-22-24-76(25-23-75)53-36-77(21-18-67-53)59(64(4,5)6)62(83)79-35-47(81)30-52(79)61(82)70-38(2)41-8-10-42(11-9-41)58-39(3)69-37-85-58/h1,8-12,15,18,28-29,31,36-38,40,44-45,47,52,59,71,80-81H,13-14,16-17,19-27,30,32-35H2,2-6H3,(H,70,82)/t38-,44?,45?,47+,52-,59+/m0/s1. The van der Waals surface area contributed by atoms with Crippen molar-refractivity contribution >= 4 is 56.9 Å². The van der Waals surface area contributed by atoms with Crippen molar-refractivity contribution in [2.24, 2.45) is 16.3 Å². The van der Waals surface area contributed by atoms with E-state index in [1.54, 1.807) is 22.4 Å². The minimum atomic E-state index is -0.813. The van der Waals surface area contributed by atoms with Gasteiger partial charge in [0.25, 0.3) is 0 Å². The molecule has 6 aromatic rings. The number of terminal acetylenes is 1. The second-order valence-corrected chi connectivity index (χ2v) is 25.8. The number of carbonyl (C=O) groups excluding carboxylic acids is 2. The average molecular weight is 1180 g/mol. The number of benzene rings is 3. The topological polar surface area (TPSA) is 191 Å². The molecule has 9 heterocycles. The van der Waals surface area contributed by atoms with Crippen LogP contribution in [-0.4, -0.2) is 188 Å². The SMILES string of the molecule is C#Cc1c(F)ccc2cc(O)cc(-c3ncc4c(N5CC6CCC(C5)N6)nc(OCCN5CCC(CN6CCN(C7=CN([C@H](C(=O)N8C[C@H](O)C[C@H]8C(=O)N[C@@H](C)c8ccc(-c9scnc9C)cc8)C(C)(C)C)CC=N7)CC6)CC5)nc4c3F)c12. The summed E-state index contributed by atoms with van der Waals surface area (Å²) in [5.41, 5.74) is 4.33. The molecule has 0 spiro atoms. The summed E-state index contributed by atoms with van der Waals surface area (Å²) in [5.74, 6) is 2.32. The first-order valence-corrected chi connectivity index (χ1v) is 30.8. The number of fused-ring (bicyclic) bond motifs is 4. The minimum Gasteiger partial charge on any atom is -0.508 e. The number of nitrogens with zero attached hydrogens (tertiary/aromatic N) is 11.